The van der Waals surface area contributed by atoms with E-state index in [1.165, 1.54) is 16.9 Å². The maximum Gasteiger partial charge on any atom is 0.360 e. The third kappa shape index (κ3) is 4.05. The lowest BCUT2D eigenvalue weighted by molar-refractivity contribution is 0.0224. The number of nitrogens with zero attached hydrogens (tertiary/aromatic N) is 5. The number of anilines is 2. The number of hydrogen-bond acceptors (Lipinski definition) is 9. The summed E-state index contributed by atoms with van der Waals surface area (Å²) in [5.74, 6) is 3.03. The maximum atomic E-state index is 12.3. The molecule has 1 atom stereocenters. The minimum absolute atomic E-state index is 0.174. The van der Waals surface area contributed by atoms with Crippen molar-refractivity contribution in [3.63, 3.8) is 0 Å². The topological polar surface area (TPSA) is 93.8 Å². The van der Waals surface area contributed by atoms with E-state index in [1.807, 2.05) is 6.92 Å². The highest BCUT2D eigenvalue weighted by Gasteiger charge is 2.40. The molecule has 0 radical (unpaired) electrons. The molecule has 5 heterocycles. The molecule has 0 aromatic carbocycles. The number of oxazole rings is 1. The molecule has 0 amide bonds. The molecule has 0 N–H and O–H groups in total. The molecule has 32 heavy (non-hydrogen) atoms. The number of hydrogen-bond donors (Lipinski definition) is 0. The van der Waals surface area contributed by atoms with Crippen LogP contribution >= 0.6 is 0 Å². The van der Waals surface area contributed by atoms with Gasteiger partial charge < -0.3 is 23.7 Å². The average Bonchev–Trinajstić information content (AvgIpc) is 3.42. The van der Waals surface area contributed by atoms with E-state index in [0.717, 1.165) is 50.0 Å². The van der Waals surface area contributed by atoms with E-state index in [0.29, 0.717) is 31.4 Å². The number of fused-ring (bicyclic) bond motifs is 1. The van der Waals surface area contributed by atoms with Gasteiger partial charge in [0.05, 0.1) is 13.1 Å². The third-order valence-corrected chi connectivity index (χ3v) is 8.37. The Morgan fingerprint density at radius 1 is 1.28 bits per heavy atom. The number of carbonyl (C=O) groups is 1. The van der Waals surface area contributed by atoms with Gasteiger partial charge in [0.25, 0.3) is 0 Å². The monoisotopic (exact) mass is 460 g/mol. The number of carbonyl (C=O) groups excluding carboxylic acids is 1. The first kappa shape index (κ1) is 21.5. The molecule has 0 saturated carbocycles. The van der Waals surface area contributed by atoms with E-state index in [2.05, 4.69) is 28.1 Å². The van der Waals surface area contributed by atoms with Crippen molar-refractivity contribution in [3.05, 3.63) is 23.5 Å². The molecule has 0 aliphatic carbocycles. The van der Waals surface area contributed by atoms with Gasteiger partial charge in [-0.3, -0.25) is 0 Å². The van der Waals surface area contributed by atoms with Crippen LogP contribution in [-0.4, -0.2) is 78.4 Å². The number of aromatic nitrogens is 3. The minimum atomic E-state index is -0.442. The zero-order chi connectivity index (χ0) is 22.2. The van der Waals surface area contributed by atoms with Gasteiger partial charge in [-0.05, 0) is 12.8 Å². The zero-order valence-electron chi connectivity index (χ0n) is 18.9. The van der Waals surface area contributed by atoms with Crippen LogP contribution in [0, 0.1) is 0 Å². The van der Waals surface area contributed by atoms with E-state index >= 15 is 0 Å². The molecule has 2 aromatic rings. The van der Waals surface area contributed by atoms with Crippen molar-refractivity contribution >= 4 is 28.6 Å². The van der Waals surface area contributed by atoms with Gasteiger partial charge in [0.15, 0.2) is 17.4 Å². The largest absolute Gasteiger partial charge is 0.454 e. The van der Waals surface area contributed by atoms with Crippen molar-refractivity contribution < 1.29 is 18.7 Å². The predicted molar refractivity (Wildman–Crippen MR) is 122 cm³/mol. The van der Waals surface area contributed by atoms with Crippen molar-refractivity contribution in [1.82, 2.24) is 15.0 Å². The lowest BCUT2D eigenvalue weighted by atomic mass is 10.1. The summed E-state index contributed by atoms with van der Waals surface area (Å²) in [6.07, 6.45) is 7.14. The lowest BCUT2D eigenvalue weighted by Gasteiger charge is -2.39. The fraction of sp³-hybridized carbons (Fsp3) is 0.636. The van der Waals surface area contributed by atoms with E-state index in [1.54, 1.807) is 0 Å². The van der Waals surface area contributed by atoms with Crippen LogP contribution in [0.3, 0.4) is 0 Å². The normalized spacial score (nSPS) is 21.3. The first-order chi connectivity index (χ1) is 15.5. The fourth-order valence-electron chi connectivity index (χ4n) is 4.43. The van der Waals surface area contributed by atoms with Gasteiger partial charge in [-0.15, -0.1) is 0 Å². The Hall–Kier alpha value is -2.33. The standard InChI is InChI=1S/C22H30N5O4S/c1-4-18-23-17(13-30-18)21(28)31-15-11-27(12-15)22-24-16-7-10-32(3)19(16)20(25-22)26(2)14-5-8-29-9-6-14/h13-15H,4-12H2,1-3H3/q+1. The molecule has 0 bridgehead atoms. The summed E-state index contributed by atoms with van der Waals surface area (Å²) in [6, 6.07) is 0.439. The molecular weight excluding hydrogens is 430 g/mol. The van der Waals surface area contributed by atoms with Crippen LogP contribution in [0.1, 0.15) is 41.8 Å². The highest BCUT2D eigenvalue weighted by atomic mass is 32.2. The Morgan fingerprint density at radius 2 is 2.06 bits per heavy atom. The predicted octanol–water partition coefficient (Wildman–Crippen LogP) is 1.85. The summed E-state index contributed by atoms with van der Waals surface area (Å²) in [7, 11) is 2.33. The molecular formula is C22H30N5O4S+. The van der Waals surface area contributed by atoms with Gasteiger partial charge in [-0.2, -0.15) is 4.98 Å². The van der Waals surface area contributed by atoms with E-state index in [9.17, 15) is 4.79 Å². The Morgan fingerprint density at radius 3 is 2.78 bits per heavy atom. The number of esters is 1. The SMILES string of the molecule is CCc1nc(C(=O)OC2CN(c3nc4c(c(N(C)C5CCOCC5)n3)[S+](C)CC4)C2)co1. The number of ether oxygens (including phenoxy) is 2. The van der Waals surface area contributed by atoms with Gasteiger partial charge in [0.1, 0.15) is 30.1 Å². The smallest absolute Gasteiger partial charge is 0.360 e. The summed E-state index contributed by atoms with van der Waals surface area (Å²) in [6.45, 7) is 4.70. The highest BCUT2D eigenvalue weighted by molar-refractivity contribution is 7.96. The maximum absolute atomic E-state index is 12.3. The van der Waals surface area contributed by atoms with Crippen molar-refractivity contribution in [2.75, 3.05) is 55.2 Å². The molecule has 2 aromatic heterocycles. The van der Waals surface area contributed by atoms with Crippen molar-refractivity contribution in [2.24, 2.45) is 0 Å². The average molecular weight is 461 g/mol. The van der Waals surface area contributed by atoms with E-state index in [4.69, 9.17) is 23.9 Å². The highest BCUT2D eigenvalue weighted by Crippen LogP contribution is 2.36. The van der Waals surface area contributed by atoms with E-state index in [-0.39, 0.29) is 22.7 Å². The molecule has 172 valence electrons. The Balaban J connectivity index is 1.29. The zero-order valence-corrected chi connectivity index (χ0v) is 19.7. The van der Waals surface area contributed by atoms with Gasteiger partial charge in [0.2, 0.25) is 10.8 Å². The van der Waals surface area contributed by atoms with Crippen LogP contribution in [-0.2, 0) is 33.2 Å². The Kier molecular flexibility index (Phi) is 5.98. The minimum Gasteiger partial charge on any atom is -0.454 e. The molecule has 1 unspecified atom stereocenters. The fourth-order valence-corrected chi connectivity index (χ4v) is 6.18. The molecule has 2 fully saturated rings. The Bertz CT molecular complexity index is 987. The molecule has 3 aliphatic rings. The Labute approximate surface area is 190 Å². The number of aryl methyl sites for hydroxylation is 2. The van der Waals surface area contributed by atoms with Gasteiger partial charge >= 0.3 is 5.97 Å². The summed E-state index contributed by atoms with van der Waals surface area (Å²) >= 11 is 0. The quantitative estimate of drug-likeness (QED) is 0.473. The molecule has 5 rings (SSSR count). The molecule has 3 aliphatic heterocycles. The van der Waals surface area contributed by atoms with E-state index < -0.39 is 5.97 Å². The van der Waals surface area contributed by atoms with Crippen LogP contribution in [0.25, 0.3) is 0 Å². The van der Waals surface area contributed by atoms with Crippen LogP contribution in [0.5, 0.6) is 0 Å². The summed E-state index contributed by atoms with van der Waals surface area (Å²) < 4.78 is 16.4. The second-order valence-corrected chi connectivity index (χ2v) is 10.7. The molecule has 0 spiro atoms. The summed E-state index contributed by atoms with van der Waals surface area (Å²) in [4.78, 5) is 32.1. The van der Waals surface area contributed by atoms with Crippen LogP contribution in [0.15, 0.2) is 15.6 Å². The summed E-state index contributed by atoms with van der Waals surface area (Å²) in [5, 5.41) is 0. The third-order valence-electron chi connectivity index (χ3n) is 6.44. The first-order valence-electron chi connectivity index (χ1n) is 11.3. The van der Waals surface area contributed by atoms with Crippen molar-refractivity contribution in [3.8, 4) is 0 Å². The van der Waals surface area contributed by atoms with Gasteiger partial charge in [0, 0.05) is 50.0 Å². The van der Waals surface area contributed by atoms with Crippen molar-refractivity contribution in [1.29, 1.82) is 0 Å². The van der Waals surface area contributed by atoms with Crippen LogP contribution < -0.4 is 9.80 Å². The van der Waals surface area contributed by atoms with Crippen molar-refractivity contribution in [2.45, 2.75) is 49.6 Å². The van der Waals surface area contributed by atoms with Gasteiger partial charge in [-0.1, -0.05) is 6.92 Å². The van der Waals surface area contributed by atoms with Gasteiger partial charge in [-0.25, -0.2) is 14.8 Å². The molecule has 2 saturated heterocycles. The first-order valence-corrected chi connectivity index (χ1v) is 13.1. The second-order valence-electron chi connectivity index (χ2n) is 8.58. The summed E-state index contributed by atoms with van der Waals surface area (Å²) in [5.41, 5.74) is 1.40. The molecule has 9 nitrogen and oxygen atoms in total. The molecule has 10 heteroatoms. The van der Waals surface area contributed by atoms with Crippen LogP contribution in [0.4, 0.5) is 11.8 Å². The number of rotatable bonds is 6. The van der Waals surface area contributed by atoms with Crippen LogP contribution in [0.2, 0.25) is 0 Å². The second kappa shape index (κ2) is 8.90. The lowest BCUT2D eigenvalue weighted by Crippen LogP contribution is -2.54.